The largest absolute Gasteiger partial charge is 0.462 e. The Bertz CT molecular complexity index is 867. The second kappa shape index (κ2) is 11.6. The van der Waals surface area contributed by atoms with Crippen molar-refractivity contribution in [3.63, 3.8) is 0 Å². The Morgan fingerprint density at radius 2 is 1.52 bits per heavy atom. The van der Waals surface area contributed by atoms with Crippen LogP contribution in [-0.2, 0) is 54.2 Å². The lowest BCUT2D eigenvalue weighted by Gasteiger charge is -2.49. The van der Waals surface area contributed by atoms with Crippen molar-refractivity contribution in [2.45, 2.75) is 64.5 Å². The number of hydrogen-bond acceptors (Lipinski definition) is 10. The van der Waals surface area contributed by atoms with Gasteiger partial charge >= 0.3 is 23.9 Å². The molecule has 0 spiro atoms. The fourth-order valence-corrected chi connectivity index (χ4v) is 3.37. The molecule has 180 valence electrons. The van der Waals surface area contributed by atoms with Crippen LogP contribution in [0.15, 0.2) is 43.0 Å². The summed E-state index contributed by atoms with van der Waals surface area (Å²) in [6.07, 6.45) is -3.95. The molecule has 1 fully saturated rings. The van der Waals surface area contributed by atoms with E-state index >= 15 is 0 Å². The van der Waals surface area contributed by atoms with Crippen LogP contribution in [0.25, 0.3) is 0 Å². The Morgan fingerprint density at radius 1 is 0.909 bits per heavy atom. The molecule has 1 aromatic rings. The average Bonchev–Trinajstić information content (AvgIpc) is 2.74. The smallest absolute Gasteiger partial charge is 0.305 e. The summed E-state index contributed by atoms with van der Waals surface area (Å²) in [5.41, 5.74) is -0.893. The fourth-order valence-electron chi connectivity index (χ4n) is 3.37. The summed E-state index contributed by atoms with van der Waals surface area (Å²) >= 11 is 0. The molecule has 0 saturated carbocycles. The van der Waals surface area contributed by atoms with Gasteiger partial charge in [-0.15, -0.1) is 0 Å². The molecule has 5 atom stereocenters. The zero-order chi connectivity index (χ0) is 24.6. The van der Waals surface area contributed by atoms with Gasteiger partial charge < -0.3 is 28.4 Å². The van der Waals surface area contributed by atoms with E-state index in [9.17, 15) is 19.2 Å². The molecule has 0 bridgehead atoms. The number of rotatable bonds is 9. The number of carbonyl (C=O) groups is 4. The predicted octanol–water partition coefficient (Wildman–Crippen LogP) is 1.84. The van der Waals surface area contributed by atoms with Crippen molar-refractivity contribution in [3.8, 4) is 0 Å². The van der Waals surface area contributed by atoms with Gasteiger partial charge in [-0.3, -0.25) is 19.2 Å². The van der Waals surface area contributed by atoms with Gasteiger partial charge in [-0.2, -0.15) is 0 Å². The van der Waals surface area contributed by atoms with Crippen LogP contribution in [0, 0.1) is 0 Å². The van der Waals surface area contributed by atoms with Crippen LogP contribution in [-0.4, -0.2) is 60.7 Å². The average molecular weight is 464 g/mol. The highest BCUT2D eigenvalue weighted by molar-refractivity contribution is 5.68. The lowest BCUT2D eigenvalue weighted by atomic mass is 9.86. The number of esters is 4. The summed E-state index contributed by atoms with van der Waals surface area (Å²) in [5, 5.41) is 0. The molecular formula is C23H28O10. The van der Waals surface area contributed by atoms with Crippen molar-refractivity contribution in [3.05, 3.63) is 48.6 Å². The minimum Gasteiger partial charge on any atom is -0.462 e. The lowest BCUT2D eigenvalue weighted by Crippen LogP contribution is -2.68. The predicted molar refractivity (Wildman–Crippen MR) is 112 cm³/mol. The van der Waals surface area contributed by atoms with E-state index in [2.05, 4.69) is 6.58 Å². The van der Waals surface area contributed by atoms with Crippen molar-refractivity contribution in [1.82, 2.24) is 0 Å². The van der Waals surface area contributed by atoms with Gasteiger partial charge in [-0.05, 0) is 5.56 Å². The van der Waals surface area contributed by atoms with E-state index in [1.54, 1.807) is 0 Å². The van der Waals surface area contributed by atoms with E-state index in [4.69, 9.17) is 28.4 Å². The standard InChI is InChI=1S/C23H28O10/c1-6-23(13-29-14(2)24)21(31-16(4)26)19(28-12-18-10-8-7-9-11-18)20(30-15(3)25)22(33-23)32-17(5)27/h6-11,19-22H,1,12-13H2,2-5H3/t19-,20-,21+,22-,23-/m1/s1. The molecule has 1 saturated heterocycles. The fraction of sp³-hybridized carbons (Fsp3) is 0.478. The molecule has 10 heteroatoms. The van der Waals surface area contributed by atoms with E-state index in [0.717, 1.165) is 19.4 Å². The van der Waals surface area contributed by atoms with E-state index < -0.39 is 60.7 Å². The van der Waals surface area contributed by atoms with E-state index in [1.807, 2.05) is 30.3 Å². The van der Waals surface area contributed by atoms with Gasteiger partial charge in [-0.1, -0.05) is 43.0 Å². The lowest BCUT2D eigenvalue weighted by molar-refractivity contribution is -0.326. The molecule has 0 unspecified atom stereocenters. The minimum absolute atomic E-state index is 0.0363. The second-order valence-electron chi connectivity index (χ2n) is 7.40. The molecule has 0 amide bonds. The Morgan fingerprint density at radius 3 is 2.03 bits per heavy atom. The topological polar surface area (TPSA) is 124 Å². The second-order valence-corrected chi connectivity index (χ2v) is 7.40. The summed E-state index contributed by atoms with van der Waals surface area (Å²) in [5.74, 6) is -2.76. The van der Waals surface area contributed by atoms with Gasteiger partial charge in [0.25, 0.3) is 0 Å². The first-order valence-electron chi connectivity index (χ1n) is 10.2. The zero-order valence-corrected chi connectivity index (χ0v) is 19.0. The molecule has 1 aliphatic rings. The quantitative estimate of drug-likeness (QED) is 0.304. The van der Waals surface area contributed by atoms with Crippen LogP contribution in [0.5, 0.6) is 0 Å². The highest BCUT2D eigenvalue weighted by atomic mass is 16.8. The van der Waals surface area contributed by atoms with Crippen molar-refractivity contribution in [2.24, 2.45) is 0 Å². The Labute approximate surface area is 191 Å². The van der Waals surface area contributed by atoms with Crippen LogP contribution < -0.4 is 0 Å². The molecule has 0 aromatic heterocycles. The monoisotopic (exact) mass is 464 g/mol. The van der Waals surface area contributed by atoms with Gasteiger partial charge in [0.1, 0.15) is 12.7 Å². The summed E-state index contributed by atoms with van der Waals surface area (Å²) in [6, 6.07) is 9.08. The first-order chi connectivity index (χ1) is 15.6. The maximum atomic E-state index is 12.0. The normalized spacial score (nSPS) is 26.5. The maximum Gasteiger partial charge on any atom is 0.305 e. The molecular weight excluding hydrogens is 436 g/mol. The third-order valence-corrected chi connectivity index (χ3v) is 4.72. The number of benzene rings is 1. The third-order valence-electron chi connectivity index (χ3n) is 4.72. The minimum atomic E-state index is -1.67. The molecule has 2 rings (SSSR count). The Kier molecular flexibility index (Phi) is 9.12. The summed E-state index contributed by atoms with van der Waals surface area (Å²) in [6.45, 7) is 8.01. The van der Waals surface area contributed by atoms with Crippen LogP contribution >= 0.6 is 0 Å². The number of ether oxygens (including phenoxy) is 6. The molecule has 1 aliphatic heterocycles. The Hall–Kier alpha value is -3.24. The van der Waals surface area contributed by atoms with Crippen molar-refractivity contribution < 1.29 is 47.6 Å². The molecule has 10 nitrogen and oxygen atoms in total. The first-order valence-corrected chi connectivity index (χ1v) is 10.2. The maximum absolute atomic E-state index is 12.0. The van der Waals surface area contributed by atoms with Crippen molar-refractivity contribution in [2.75, 3.05) is 6.61 Å². The van der Waals surface area contributed by atoms with Crippen molar-refractivity contribution >= 4 is 23.9 Å². The Balaban J connectivity index is 2.54. The molecule has 1 heterocycles. The van der Waals surface area contributed by atoms with Crippen LogP contribution in [0.1, 0.15) is 33.3 Å². The van der Waals surface area contributed by atoms with Gasteiger partial charge in [-0.25, -0.2) is 0 Å². The van der Waals surface area contributed by atoms with Crippen LogP contribution in [0.2, 0.25) is 0 Å². The molecule has 0 aliphatic carbocycles. The van der Waals surface area contributed by atoms with Gasteiger partial charge in [0.05, 0.1) is 6.61 Å². The van der Waals surface area contributed by atoms with Gasteiger partial charge in [0.15, 0.2) is 17.8 Å². The molecule has 0 N–H and O–H groups in total. The highest BCUT2D eigenvalue weighted by Gasteiger charge is 2.59. The van der Waals surface area contributed by atoms with Gasteiger partial charge in [0, 0.05) is 27.7 Å². The van der Waals surface area contributed by atoms with E-state index in [0.29, 0.717) is 0 Å². The van der Waals surface area contributed by atoms with Crippen molar-refractivity contribution in [1.29, 1.82) is 0 Å². The summed E-state index contributed by atoms with van der Waals surface area (Å²) < 4.78 is 33.3. The summed E-state index contributed by atoms with van der Waals surface area (Å²) in [4.78, 5) is 47.2. The van der Waals surface area contributed by atoms with E-state index in [-0.39, 0.29) is 6.61 Å². The SMILES string of the molecule is C=C[C@]1(COC(C)=O)O[C@@H](OC(C)=O)[C@H](OC(C)=O)[C@@H](OCc2ccccc2)[C@@H]1OC(C)=O. The van der Waals surface area contributed by atoms with Crippen LogP contribution in [0.3, 0.4) is 0 Å². The van der Waals surface area contributed by atoms with E-state index in [1.165, 1.54) is 19.9 Å². The molecule has 0 radical (unpaired) electrons. The highest BCUT2D eigenvalue weighted by Crippen LogP contribution is 2.38. The van der Waals surface area contributed by atoms with Crippen LogP contribution in [0.4, 0.5) is 0 Å². The first kappa shape index (κ1) is 26.0. The number of hydrogen-bond donors (Lipinski definition) is 0. The number of carbonyl (C=O) groups excluding carboxylic acids is 4. The molecule has 33 heavy (non-hydrogen) atoms. The summed E-state index contributed by atoms with van der Waals surface area (Å²) in [7, 11) is 0. The third kappa shape index (κ3) is 7.13. The zero-order valence-electron chi connectivity index (χ0n) is 19.0. The molecule has 1 aromatic carbocycles. The van der Waals surface area contributed by atoms with Gasteiger partial charge in [0.2, 0.25) is 6.29 Å².